The van der Waals surface area contributed by atoms with E-state index in [1.165, 1.54) is 18.4 Å². The standard InChI is InChI=1S/C18H22N2OS/c1-12-6-5-7-14(10-12)18-19-13(2)16(22-18)11-17(21)20-15-8-3-4-9-15/h5-7,10,15H,3-4,8-9,11H2,1-2H3,(H,20,21). The molecule has 1 aliphatic rings. The Kier molecular flexibility index (Phi) is 4.57. The third-order valence-corrected chi connectivity index (χ3v) is 5.41. The first-order valence-electron chi connectivity index (χ1n) is 7.94. The van der Waals surface area contributed by atoms with Crippen molar-refractivity contribution in [3.8, 4) is 10.6 Å². The smallest absolute Gasteiger partial charge is 0.225 e. The molecule has 3 nitrogen and oxygen atoms in total. The Morgan fingerprint density at radius 3 is 2.82 bits per heavy atom. The Balaban J connectivity index is 1.70. The van der Waals surface area contributed by atoms with Crippen LogP contribution in [0.25, 0.3) is 10.6 Å². The predicted octanol–water partition coefficient (Wildman–Crippen LogP) is 4.03. The van der Waals surface area contributed by atoms with Crippen LogP contribution in [0, 0.1) is 13.8 Å². The van der Waals surface area contributed by atoms with Crippen LogP contribution in [0.2, 0.25) is 0 Å². The molecule has 0 spiro atoms. The number of thiazole rings is 1. The molecule has 0 saturated heterocycles. The molecule has 0 aliphatic heterocycles. The van der Waals surface area contributed by atoms with Crippen LogP contribution in [0.4, 0.5) is 0 Å². The van der Waals surface area contributed by atoms with Crippen molar-refractivity contribution in [2.75, 3.05) is 0 Å². The molecule has 1 aliphatic carbocycles. The molecule has 116 valence electrons. The van der Waals surface area contributed by atoms with Gasteiger partial charge in [-0.3, -0.25) is 4.79 Å². The van der Waals surface area contributed by atoms with Crippen molar-refractivity contribution in [1.29, 1.82) is 0 Å². The van der Waals surface area contributed by atoms with Gasteiger partial charge < -0.3 is 5.32 Å². The van der Waals surface area contributed by atoms with Crippen molar-refractivity contribution >= 4 is 17.2 Å². The minimum atomic E-state index is 0.134. The average molecular weight is 314 g/mol. The molecule has 1 amide bonds. The van der Waals surface area contributed by atoms with Crippen LogP contribution in [0.5, 0.6) is 0 Å². The molecular formula is C18H22N2OS. The lowest BCUT2D eigenvalue weighted by molar-refractivity contribution is -0.121. The summed E-state index contributed by atoms with van der Waals surface area (Å²) in [7, 11) is 0. The largest absolute Gasteiger partial charge is 0.353 e. The number of carbonyl (C=O) groups excluding carboxylic acids is 1. The minimum absolute atomic E-state index is 0.134. The second kappa shape index (κ2) is 6.61. The van der Waals surface area contributed by atoms with Crippen LogP contribution in [0.3, 0.4) is 0 Å². The molecule has 1 aromatic heterocycles. The van der Waals surface area contributed by atoms with Gasteiger partial charge in [0.25, 0.3) is 0 Å². The second-order valence-corrected chi connectivity index (χ2v) is 7.21. The molecule has 0 radical (unpaired) electrons. The van der Waals surface area contributed by atoms with Crippen LogP contribution >= 0.6 is 11.3 Å². The molecule has 0 bridgehead atoms. The first kappa shape index (κ1) is 15.2. The van der Waals surface area contributed by atoms with Crippen molar-refractivity contribution in [2.45, 2.75) is 52.0 Å². The molecule has 1 aromatic carbocycles. The number of aryl methyl sites for hydroxylation is 2. The molecule has 1 N–H and O–H groups in total. The summed E-state index contributed by atoms with van der Waals surface area (Å²) in [5.41, 5.74) is 3.34. The van der Waals surface area contributed by atoms with Gasteiger partial charge in [0.15, 0.2) is 0 Å². The lowest BCUT2D eigenvalue weighted by Crippen LogP contribution is -2.33. The van der Waals surface area contributed by atoms with Crippen molar-refractivity contribution in [2.24, 2.45) is 0 Å². The Morgan fingerprint density at radius 1 is 1.32 bits per heavy atom. The van der Waals surface area contributed by atoms with E-state index in [2.05, 4.69) is 35.4 Å². The first-order valence-corrected chi connectivity index (χ1v) is 8.76. The third-order valence-electron chi connectivity index (χ3n) is 4.20. The zero-order valence-corrected chi connectivity index (χ0v) is 14.0. The third kappa shape index (κ3) is 3.55. The van der Waals surface area contributed by atoms with Gasteiger partial charge in [0.2, 0.25) is 5.91 Å². The molecule has 1 saturated carbocycles. The van der Waals surface area contributed by atoms with E-state index in [0.717, 1.165) is 34.0 Å². The van der Waals surface area contributed by atoms with Gasteiger partial charge in [-0.05, 0) is 32.8 Å². The number of hydrogen-bond acceptors (Lipinski definition) is 3. The molecule has 1 heterocycles. The Hall–Kier alpha value is -1.68. The summed E-state index contributed by atoms with van der Waals surface area (Å²) in [5.74, 6) is 0.134. The zero-order valence-electron chi connectivity index (χ0n) is 13.2. The van der Waals surface area contributed by atoms with Gasteiger partial charge in [0, 0.05) is 16.5 Å². The van der Waals surface area contributed by atoms with Gasteiger partial charge >= 0.3 is 0 Å². The SMILES string of the molecule is Cc1cccc(-c2nc(C)c(CC(=O)NC3CCCC3)s2)c1. The van der Waals surface area contributed by atoms with E-state index in [4.69, 9.17) is 0 Å². The highest BCUT2D eigenvalue weighted by atomic mass is 32.1. The fourth-order valence-corrected chi connectivity index (χ4v) is 4.05. The predicted molar refractivity (Wildman–Crippen MR) is 91.1 cm³/mol. The highest BCUT2D eigenvalue weighted by Gasteiger charge is 2.19. The highest BCUT2D eigenvalue weighted by molar-refractivity contribution is 7.15. The van der Waals surface area contributed by atoms with Gasteiger partial charge in [-0.2, -0.15) is 0 Å². The number of rotatable bonds is 4. The second-order valence-electron chi connectivity index (χ2n) is 6.12. The van der Waals surface area contributed by atoms with E-state index >= 15 is 0 Å². The molecule has 22 heavy (non-hydrogen) atoms. The van der Waals surface area contributed by atoms with Crippen LogP contribution < -0.4 is 5.32 Å². The summed E-state index contributed by atoms with van der Waals surface area (Å²) in [6, 6.07) is 8.74. The van der Waals surface area contributed by atoms with Gasteiger partial charge in [0.05, 0.1) is 12.1 Å². The number of nitrogens with one attached hydrogen (secondary N) is 1. The summed E-state index contributed by atoms with van der Waals surface area (Å²) in [4.78, 5) is 17.9. The van der Waals surface area contributed by atoms with E-state index in [1.807, 2.05) is 13.0 Å². The van der Waals surface area contributed by atoms with Gasteiger partial charge in [-0.25, -0.2) is 4.98 Å². The maximum Gasteiger partial charge on any atom is 0.225 e. The Labute approximate surface area is 135 Å². The van der Waals surface area contributed by atoms with Crippen LogP contribution in [-0.2, 0) is 11.2 Å². The molecule has 0 unspecified atom stereocenters. The van der Waals surface area contributed by atoms with E-state index in [0.29, 0.717) is 12.5 Å². The summed E-state index contributed by atoms with van der Waals surface area (Å²) in [6.07, 6.45) is 5.18. The van der Waals surface area contributed by atoms with Crippen molar-refractivity contribution in [3.05, 3.63) is 40.4 Å². The number of hydrogen-bond donors (Lipinski definition) is 1. The summed E-state index contributed by atoms with van der Waals surface area (Å²) < 4.78 is 0. The van der Waals surface area contributed by atoms with Crippen molar-refractivity contribution < 1.29 is 4.79 Å². The highest BCUT2D eigenvalue weighted by Crippen LogP contribution is 2.29. The fraction of sp³-hybridized carbons (Fsp3) is 0.444. The Morgan fingerprint density at radius 2 is 2.09 bits per heavy atom. The van der Waals surface area contributed by atoms with Crippen LogP contribution in [-0.4, -0.2) is 16.9 Å². The Bertz CT molecular complexity index is 671. The van der Waals surface area contributed by atoms with Crippen molar-refractivity contribution in [1.82, 2.24) is 10.3 Å². The summed E-state index contributed by atoms with van der Waals surface area (Å²) in [5, 5.41) is 4.16. The molecule has 1 fully saturated rings. The molecule has 3 rings (SSSR count). The molecule has 2 aromatic rings. The van der Waals surface area contributed by atoms with E-state index in [1.54, 1.807) is 11.3 Å². The monoisotopic (exact) mass is 314 g/mol. The lowest BCUT2D eigenvalue weighted by Gasteiger charge is -2.11. The van der Waals surface area contributed by atoms with Gasteiger partial charge in [-0.1, -0.05) is 36.6 Å². The quantitative estimate of drug-likeness (QED) is 0.926. The number of amides is 1. The number of benzene rings is 1. The van der Waals surface area contributed by atoms with E-state index in [9.17, 15) is 4.79 Å². The minimum Gasteiger partial charge on any atom is -0.353 e. The summed E-state index contributed by atoms with van der Waals surface area (Å²) in [6.45, 7) is 4.08. The normalized spacial score (nSPS) is 15.2. The number of nitrogens with zero attached hydrogens (tertiary/aromatic N) is 1. The lowest BCUT2D eigenvalue weighted by atomic mass is 10.1. The van der Waals surface area contributed by atoms with Crippen LogP contribution in [0.1, 0.15) is 41.8 Å². The van der Waals surface area contributed by atoms with E-state index in [-0.39, 0.29) is 5.91 Å². The van der Waals surface area contributed by atoms with Crippen molar-refractivity contribution in [3.63, 3.8) is 0 Å². The fourth-order valence-electron chi connectivity index (χ4n) is 2.99. The zero-order chi connectivity index (χ0) is 15.5. The average Bonchev–Trinajstić information content (AvgIpc) is 3.10. The maximum atomic E-state index is 12.2. The molecular weight excluding hydrogens is 292 g/mol. The first-order chi connectivity index (χ1) is 10.6. The number of carbonyl (C=O) groups is 1. The maximum absolute atomic E-state index is 12.2. The topological polar surface area (TPSA) is 42.0 Å². The van der Waals surface area contributed by atoms with Gasteiger partial charge in [0.1, 0.15) is 5.01 Å². The van der Waals surface area contributed by atoms with Crippen LogP contribution in [0.15, 0.2) is 24.3 Å². The molecule has 4 heteroatoms. The van der Waals surface area contributed by atoms with Gasteiger partial charge in [-0.15, -0.1) is 11.3 Å². The molecule has 0 atom stereocenters. The van der Waals surface area contributed by atoms with E-state index < -0.39 is 0 Å². The number of aromatic nitrogens is 1. The summed E-state index contributed by atoms with van der Waals surface area (Å²) >= 11 is 1.64.